The molecule has 1 aliphatic heterocycles. The molecule has 130 valence electrons. The highest BCUT2D eigenvalue weighted by Crippen LogP contribution is 2.35. The molecule has 0 bridgehead atoms. The number of hydrogen-bond donors (Lipinski definition) is 0. The van der Waals surface area contributed by atoms with E-state index >= 15 is 0 Å². The van der Waals surface area contributed by atoms with Crippen molar-refractivity contribution in [3.05, 3.63) is 29.3 Å². The van der Waals surface area contributed by atoms with Crippen LogP contribution in [0.1, 0.15) is 44.2 Å². The van der Waals surface area contributed by atoms with Crippen LogP contribution in [0.15, 0.2) is 18.2 Å². The van der Waals surface area contributed by atoms with E-state index in [1.54, 1.807) is 14.2 Å². The molecule has 0 aromatic heterocycles. The van der Waals surface area contributed by atoms with Crippen molar-refractivity contribution in [3.8, 4) is 0 Å². The fourth-order valence-corrected chi connectivity index (χ4v) is 6.35. The van der Waals surface area contributed by atoms with Gasteiger partial charge >= 0.3 is 8.56 Å². The standard InChI is InChI=1S/C18H30O4Si/c1-6-13-23(19-4,20-5)17-10-9-15(3)14-16(17)18(7-2)21-11-8-12-22-18/h9-10,14H,6-8,11-13H2,1-5H3. The SMILES string of the molecule is CCC[Si](OC)(OC)c1ccc(C)cc1C1(CC)OCCCO1. The minimum atomic E-state index is -2.49. The van der Waals surface area contributed by atoms with Gasteiger partial charge in [0.25, 0.3) is 0 Å². The molecule has 1 aromatic rings. The van der Waals surface area contributed by atoms with E-state index in [9.17, 15) is 0 Å². The Morgan fingerprint density at radius 3 is 2.30 bits per heavy atom. The predicted octanol–water partition coefficient (Wildman–Crippen LogP) is 3.35. The van der Waals surface area contributed by atoms with Crippen molar-refractivity contribution in [2.24, 2.45) is 0 Å². The van der Waals surface area contributed by atoms with Crippen LogP contribution in [-0.4, -0.2) is 36.0 Å². The summed E-state index contributed by atoms with van der Waals surface area (Å²) in [4.78, 5) is 0. The van der Waals surface area contributed by atoms with Crippen molar-refractivity contribution in [1.29, 1.82) is 0 Å². The molecule has 0 aliphatic carbocycles. The molecule has 2 rings (SSSR count). The van der Waals surface area contributed by atoms with E-state index in [1.807, 2.05) is 0 Å². The van der Waals surface area contributed by atoms with Gasteiger partial charge < -0.3 is 18.3 Å². The second-order valence-corrected chi connectivity index (χ2v) is 9.48. The van der Waals surface area contributed by atoms with Crippen LogP contribution in [0.5, 0.6) is 0 Å². The summed E-state index contributed by atoms with van der Waals surface area (Å²) < 4.78 is 24.3. The molecule has 4 nitrogen and oxygen atoms in total. The molecule has 0 amide bonds. The number of hydrogen-bond acceptors (Lipinski definition) is 4. The Morgan fingerprint density at radius 2 is 1.78 bits per heavy atom. The summed E-state index contributed by atoms with van der Waals surface area (Å²) in [6.07, 6.45) is 2.73. The van der Waals surface area contributed by atoms with Crippen LogP contribution >= 0.6 is 0 Å². The minimum absolute atomic E-state index is 0.678. The Bertz CT molecular complexity index is 508. The van der Waals surface area contributed by atoms with Gasteiger partial charge in [-0.2, -0.15) is 0 Å². The van der Waals surface area contributed by atoms with E-state index in [0.29, 0.717) is 0 Å². The first kappa shape index (κ1) is 18.6. The molecule has 1 saturated heterocycles. The Labute approximate surface area is 141 Å². The van der Waals surface area contributed by atoms with Gasteiger partial charge in [0.15, 0.2) is 5.79 Å². The van der Waals surface area contributed by atoms with E-state index in [4.69, 9.17) is 18.3 Å². The zero-order valence-electron chi connectivity index (χ0n) is 15.1. The smallest absolute Gasteiger partial charge is 0.372 e. The fraction of sp³-hybridized carbons (Fsp3) is 0.667. The lowest BCUT2D eigenvalue weighted by Gasteiger charge is -2.40. The lowest BCUT2D eigenvalue weighted by Crippen LogP contribution is -2.56. The number of benzene rings is 1. The Hall–Kier alpha value is -0.723. The van der Waals surface area contributed by atoms with Gasteiger partial charge in [0.1, 0.15) is 0 Å². The second-order valence-electron chi connectivity index (χ2n) is 6.12. The third-order valence-corrected chi connectivity index (χ3v) is 8.39. The first-order chi connectivity index (χ1) is 11.1. The highest BCUT2D eigenvalue weighted by atomic mass is 28.4. The highest BCUT2D eigenvalue weighted by Gasteiger charge is 2.45. The molecule has 5 heteroatoms. The number of aryl methyl sites for hydroxylation is 1. The Balaban J connectivity index is 2.60. The molecule has 0 atom stereocenters. The van der Waals surface area contributed by atoms with Crippen molar-refractivity contribution < 1.29 is 18.3 Å². The van der Waals surface area contributed by atoms with Crippen LogP contribution in [0, 0.1) is 6.92 Å². The molecular weight excluding hydrogens is 308 g/mol. The summed E-state index contributed by atoms with van der Waals surface area (Å²) in [6.45, 7) is 7.83. The molecule has 1 heterocycles. The lowest BCUT2D eigenvalue weighted by molar-refractivity contribution is -0.277. The van der Waals surface area contributed by atoms with E-state index in [1.165, 1.54) is 5.56 Å². The Kier molecular flexibility index (Phi) is 6.39. The maximum atomic E-state index is 6.15. The normalized spacial score (nSPS) is 18.1. The van der Waals surface area contributed by atoms with Crippen LogP contribution in [0.2, 0.25) is 6.04 Å². The summed E-state index contributed by atoms with van der Waals surface area (Å²) >= 11 is 0. The highest BCUT2D eigenvalue weighted by molar-refractivity contribution is 6.81. The van der Waals surface area contributed by atoms with Crippen molar-refractivity contribution in [3.63, 3.8) is 0 Å². The van der Waals surface area contributed by atoms with Gasteiger partial charge in [0.2, 0.25) is 0 Å². The average Bonchev–Trinajstić information content (AvgIpc) is 2.60. The molecule has 0 unspecified atom stereocenters. The van der Waals surface area contributed by atoms with Crippen LogP contribution < -0.4 is 5.19 Å². The lowest BCUT2D eigenvalue weighted by atomic mass is 10.00. The summed E-state index contributed by atoms with van der Waals surface area (Å²) in [5.41, 5.74) is 2.28. The zero-order valence-corrected chi connectivity index (χ0v) is 16.1. The van der Waals surface area contributed by atoms with Gasteiger partial charge in [-0.3, -0.25) is 0 Å². The molecule has 0 saturated carbocycles. The molecule has 0 radical (unpaired) electrons. The maximum absolute atomic E-state index is 6.15. The maximum Gasteiger partial charge on any atom is 0.372 e. The second kappa shape index (κ2) is 7.90. The first-order valence-electron chi connectivity index (χ1n) is 8.57. The largest absolute Gasteiger partial charge is 0.394 e. The van der Waals surface area contributed by atoms with Gasteiger partial charge in [-0.05, 0) is 19.4 Å². The minimum Gasteiger partial charge on any atom is -0.394 e. The van der Waals surface area contributed by atoms with Crippen LogP contribution in [-0.2, 0) is 24.1 Å². The molecule has 1 fully saturated rings. The zero-order chi connectivity index (χ0) is 16.9. The summed E-state index contributed by atoms with van der Waals surface area (Å²) in [6, 6.07) is 7.37. The Morgan fingerprint density at radius 1 is 1.13 bits per heavy atom. The quantitative estimate of drug-likeness (QED) is 0.715. The van der Waals surface area contributed by atoms with E-state index < -0.39 is 14.3 Å². The van der Waals surface area contributed by atoms with Crippen molar-refractivity contribution in [2.45, 2.75) is 51.9 Å². The van der Waals surface area contributed by atoms with Gasteiger partial charge in [-0.1, -0.05) is 44.0 Å². The molecule has 0 N–H and O–H groups in total. The summed E-state index contributed by atoms with van der Waals surface area (Å²) in [5.74, 6) is -0.678. The van der Waals surface area contributed by atoms with E-state index in [2.05, 4.69) is 39.0 Å². The fourth-order valence-electron chi connectivity index (χ4n) is 3.40. The summed E-state index contributed by atoms with van der Waals surface area (Å²) in [7, 11) is 1.03. The van der Waals surface area contributed by atoms with Crippen LogP contribution in [0.4, 0.5) is 0 Å². The topological polar surface area (TPSA) is 36.9 Å². The third kappa shape index (κ3) is 3.54. The van der Waals surface area contributed by atoms with Crippen molar-refractivity contribution >= 4 is 13.7 Å². The van der Waals surface area contributed by atoms with Gasteiger partial charge in [0, 0.05) is 31.4 Å². The van der Waals surface area contributed by atoms with E-state index in [0.717, 1.165) is 49.3 Å². The third-order valence-electron chi connectivity index (χ3n) is 4.66. The molecule has 1 aliphatic rings. The molecule has 23 heavy (non-hydrogen) atoms. The molecular formula is C18H30O4Si. The summed E-state index contributed by atoms with van der Waals surface area (Å²) in [5, 5.41) is 1.14. The molecule has 1 aromatic carbocycles. The number of rotatable bonds is 7. The number of ether oxygens (including phenoxy) is 2. The van der Waals surface area contributed by atoms with Crippen LogP contribution in [0.3, 0.4) is 0 Å². The van der Waals surface area contributed by atoms with Gasteiger partial charge in [-0.15, -0.1) is 0 Å². The van der Waals surface area contributed by atoms with Crippen LogP contribution in [0.25, 0.3) is 0 Å². The predicted molar refractivity (Wildman–Crippen MR) is 94.2 cm³/mol. The van der Waals surface area contributed by atoms with Crippen molar-refractivity contribution in [2.75, 3.05) is 27.4 Å². The first-order valence-corrected chi connectivity index (χ1v) is 10.6. The van der Waals surface area contributed by atoms with Gasteiger partial charge in [0.05, 0.1) is 13.2 Å². The van der Waals surface area contributed by atoms with Gasteiger partial charge in [-0.25, -0.2) is 0 Å². The molecule has 0 spiro atoms. The average molecular weight is 339 g/mol. The monoisotopic (exact) mass is 338 g/mol. The van der Waals surface area contributed by atoms with E-state index in [-0.39, 0.29) is 0 Å². The van der Waals surface area contributed by atoms with Crippen molar-refractivity contribution in [1.82, 2.24) is 0 Å².